The van der Waals surface area contributed by atoms with Gasteiger partial charge < -0.3 is 10.1 Å². The molecule has 4 nitrogen and oxygen atoms in total. The highest BCUT2D eigenvalue weighted by Gasteiger charge is 2.22. The maximum atomic E-state index is 6.40. The van der Waals surface area contributed by atoms with E-state index < -0.39 is 0 Å². The molecule has 1 aromatic heterocycles. The van der Waals surface area contributed by atoms with Gasteiger partial charge in [-0.05, 0) is 19.8 Å². The molecule has 0 saturated heterocycles. The second-order valence-electron chi connectivity index (χ2n) is 4.78. The third-order valence-corrected chi connectivity index (χ3v) is 3.81. The van der Waals surface area contributed by atoms with Crippen LogP contribution in [-0.2, 0) is 0 Å². The summed E-state index contributed by atoms with van der Waals surface area (Å²) in [6.45, 7) is 1.93. The van der Waals surface area contributed by atoms with Crippen molar-refractivity contribution in [2.24, 2.45) is 0 Å². The quantitative estimate of drug-likeness (QED) is 0.676. The van der Waals surface area contributed by atoms with Gasteiger partial charge in [0.2, 0.25) is 11.8 Å². The predicted molar refractivity (Wildman–Crippen MR) is 73.5 cm³/mol. The number of hydrogen-bond acceptors (Lipinski definition) is 4. The molecule has 2 unspecified atom stereocenters. The Morgan fingerprint density at radius 3 is 2.83 bits per heavy atom. The number of methoxy groups -OCH3 is 1. The van der Waals surface area contributed by atoms with E-state index in [-0.39, 0.29) is 11.4 Å². The molecule has 0 radical (unpaired) electrons. The Morgan fingerprint density at radius 1 is 1.28 bits per heavy atom. The largest absolute Gasteiger partial charge is 0.481 e. The van der Waals surface area contributed by atoms with Crippen molar-refractivity contribution in [3.05, 3.63) is 11.8 Å². The molecular formula is C13H20ClN3O. The molecule has 2 atom stereocenters. The maximum Gasteiger partial charge on any atom is 0.226 e. The maximum absolute atomic E-state index is 6.40. The monoisotopic (exact) mass is 269 g/mol. The zero-order valence-electron chi connectivity index (χ0n) is 10.9. The minimum Gasteiger partial charge on any atom is -0.481 e. The second kappa shape index (κ2) is 6.23. The molecule has 1 aromatic rings. The lowest BCUT2D eigenvalue weighted by Crippen LogP contribution is -2.29. The van der Waals surface area contributed by atoms with Crippen molar-refractivity contribution in [1.29, 1.82) is 0 Å². The number of aromatic nitrogens is 2. The zero-order chi connectivity index (χ0) is 13.0. The van der Waals surface area contributed by atoms with Crippen LogP contribution in [0.1, 0.15) is 37.8 Å². The van der Waals surface area contributed by atoms with E-state index >= 15 is 0 Å². The summed E-state index contributed by atoms with van der Waals surface area (Å²) in [5, 5.41) is 3.51. The van der Waals surface area contributed by atoms with Gasteiger partial charge in [-0.15, -0.1) is 11.6 Å². The first-order chi connectivity index (χ1) is 8.69. The number of nitrogens with one attached hydrogen (secondary N) is 1. The number of aryl methyl sites for hydroxylation is 1. The van der Waals surface area contributed by atoms with Crippen LogP contribution in [0.15, 0.2) is 6.07 Å². The Morgan fingerprint density at radius 2 is 2.06 bits per heavy atom. The third kappa shape index (κ3) is 3.48. The summed E-state index contributed by atoms with van der Waals surface area (Å²) in [7, 11) is 1.61. The number of alkyl halides is 1. The van der Waals surface area contributed by atoms with Gasteiger partial charge in [0.25, 0.3) is 0 Å². The van der Waals surface area contributed by atoms with Crippen molar-refractivity contribution in [1.82, 2.24) is 9.97 Å². The molecule has 0 amide bonds. The first-order valence-electron chi connectivity index (χ1n) is 6.49. The molecule has 1 saturated carbocycles. The molecule has 18 heavy (non-hydrogen) atoms. The van der Waals surface area contributed by atoms with Crippen LogP contribution in [0.5, 0.6) is 5.88 Å². The lowest BCUT2D eigenvalue weighted by atomic mass is 10.1. The highest BCUT2D eigenvalue weighted by Crippen LogP contribution is 2.25. The van der Waals surface area contributed by atoms with Crippen molar-refractivity contribution < 1.29 is 4.74 Å². The van der Waals surface area contributed by atoms with E-state index in [9.17, 15) is 0 Å². The number of rotatable bonds is 3. The molecule has 5 heteroatoms. The molecule has 1 heterocycles. The molecule has 0 aromatic carbocycles. The number of ether oxygens (including phenoxy) is 1. The molecule has 1 N–H and O–H groups in total. The van der Waals surface area contributed by atoms with Gasteiger partial charge in [-0.2, -0.15) is 4.98 Å². The minimum atomic E-state index is 0.155. The molecule has 0 bridgehead atoms. The van der Waals surface area contributed by atoms with Gasteiger partial charge in [-0.1, -0.05) is 19.3 Å². The molecule has 100 valence electrons. The zero-order valence-corrected chi connectivity index (χ0v) is 11.7. The topological polar surface area (TPSA) is 47.0 Å². The van der Waals surface area contributed by atoms with E-state index in [4.69, 9.17) is 16.3 Å². The van der Waals surface area contributed by atoms with Gasteiger partial charge in [0.05, 0.1) is 12.5 Å². The highest BCUT2D eigenvalue weighted by molar-refractivity contribution is 6.21. The molecule has 1 fully saturated rings. The fraction of sp³-hybridized carbons (Fsp3) is 0.692. The van der Waals surface area contributed by atoms with Crippen LogP contribution in [-0.4, -0.2) is 28.5 Å². The highest BCUT2D eigenvalue weighted by atomic mass is 35.5. The van der Waals surface area contributed by atoms with Crippen LogP contribution in [0.25, 0.3) is 0 Å². The van der Waals surface area contributed by atoms with Crippen molar-refractivity contribution in [2.75, 3.05) is 12.4 Å². The minimum absolute atomic E-state index is 0.155. The summed E-state index contributed by atoms with van der Waals surface area (Å²) in [6.07, 6.45) is 5.82. The van der Waals surface area contributed by atoms with Crippen LogP contribution in [0.3, 0.4) is 0 Å². The summed E-state index contributed by atoms with van der Waals surface area (Å²) in [4.78, 5) is 8.69. The average molecular weight is 270 g/mol. The van der Waals surface area contributed by atoms with E-state index in [1.54, 1.807) is 7.11 Å². The Hall–Kier alpha value is -1.03. The van der Waals surface area contributed by atoms with Crippen LogP contribution >= 0.6 is 11.6 Å². The van der Waals surface area contributed by atoms with Gasteiger partial charge in [0.15, 0.2) is 0 Å². The molecule has 1 aliphatic rings. The number of anilines is 1. The fourth-order valence-corrected chi connectivity index (χ4v) is 2.64. The Labute approximate surface area is 113 Å². The Bertz CT molecular complexity index is 400. The Kier molecular flexibility index (Phi) is 4.64. The summed E-state index contributed by atoms with van der Waals surface area (Å²) in [6, 6.07) is 2.07. The third-order valence-electron chi connectivity index (χ3n) is 3.29. The number of hydrogen-bond donors (Lipinski definition) is 1. The van der Waals surface area contributed by atoms with E-state index in [2.05, 4.69) is 15.3 Å². The average Bonchev–Trinajstić information content (AvgIpc) is 2.54. The normalized spacial score (nSPS) is 24.4. The van der Waals surface area contributed by atoms with Crippen molar-refractivity contribution >= 4 is 17.5 Å². The first kappa shape index (κ1) is 13.4. The Balaban J connectivity index is 2.09. The molecule has 0 spiro atoms. The van der Waals surface area contributed by atoms with Crippen molar-refractivity contribution in [3.63, 3.8) is 0 Å². The molecule has 0 aliphatic heterocycles. The van der Waals surface area contributed by atoms with E-state index in [0.29, 0.717) is 11.8 Å². The van der Waals surface area contributed by atoms with Crippen LogP contribution in [0.4, 0.5) is 5.95 Å². The SMILES string of the molecule is COc1cc(C)nc(NC2CCCCCC2Cl)n1. The standard InChI is InChI=1S/C13H20ClN3O/c1-9-8-12(18-2)17-13(15-9)16-11-7-5-3-4-6-10(11)14/h8,10-11H,3-7H2,1-2H3,(H,15,16,17). The van der Waals surface area contributed by atoms with E-state index in [1.807, 2.05) is 13.0 Å². The summed E-state index contributed by atoms with van der Waals surface area (Å²) >= 11 is 6.40. The smallest absolute Gasteiger partial charge is 0.226 e. The van der Waals surface area contributed by atoms with Gasteiger partial charge in [0.1, 0.15) is 0 Å². The molecular weight excluding hydrogens is 250 g/mol. The van der Waals surface area contributed by atoms with Gasteiger partial charge in [-0.3, -0.25) is 0 Å². The van der Waals surface area contributed by atoms with Gasteiger partial charge >= 0.3 is 0 Å². The molecule has 2 rings (SSSR count). The summed E-state index contributed by atoms with van der Waals surface area (Å²) < 4.78 is 5.15. The first-order valence-corrected chi connectivity index (χ1v) is 6.93. The number of halogens is 1. The lowest BCUT2D eigenvalue weighted by molar-refractivity contribution is 0.396. The van der Waals surface area contributed by atoms with Crippen LogP contribution in [0.2, 0.25) is 0 Å². The van der Waals surface area contributed by atoms with Crippen LogP contribution in [0, 0.1) is 6.92 Å². The number of nitrogens with zero attached hydrogens (tertiary/aromatic N) is 2. The van der Waals surface area contributed by atoms with Gasteiger partial charge in [-0.25, -0.2) is 4.98 Å². The van der Waals surface area contributed by atoms with Crippen molar-refractivity contribution in [2.45, 2.75) is 50.4 Å². The van der Waals surface area contributed by atoms with Crippen molar-refractivity contribution in [3.8, 4) is 5.88 Å². The molecule has 1 aliphatic carbocycles. The van der Waals surface area contributed by atoms with E-state index in [1.165, 1.54) is 19.3 Å². The fourth-order valence-electron chi connectivity index (χ4n) is 2.30. The predicted octanol–water partition coefficient (Wildman–Crippen LogP) is 3.15. The summed E-state index contributed by atoms with van der Waals surface area (Å²) in [5.74, 6) is 1.20. The van der Waals surface area contributed by atoms with E-state index in [0.717, 1.165) is 18.5 Å². The lowest BCUT2D eigenvalue weighted by Gasteiger charge is -2.21. The summed E-state index contributed by atoms with van der Waals surface area (Å²) in [5.41, 5.74) is 0.893. The van der Waals surface area contributed by atoms with Crippen LogP contribution < -0.4 is 10.1 Å². The van der Waals surface area contributed by atoms with Gasteiger partial charge in [0, 0.05) is 17.8 Å². The second-order valence-corrected chi connectivity index (χ2v) is 5.34.